The Bertz CT molecular complexity index is 695. The monoisotopic (exact) mass is 339 g/mol. The highest BCUT2D eigenvalue weighted by Crippen LogP contribution is 2.34. The molecule has 0 aromatic carbocycles. The van der Waals surface area contributed by atoms with Crippen LogP contribution in [0.5, 0.6) is 0 Å². The van der Waals surface area contributed by atoms with Gasteiger partial charge < -0.3 is 15.4 Å². The number of thioether (sulfide) groups is 1. The fraction of sp³-hybridized carbons (Fsp3) is 0.231. The Morgan fingerprint density at radius 3 is 2.73 bits per heavy atom. The van der Waals surface area contributed by atoms with E-state index in [4.69, 9.17) is 18.0 Å². The van der Waals surface area contributed by atoms with E-state index < -0.39 is 30.2 Å². The van der Waals surface area contributed by atoms with E-state index in [-0.39, 0.29) is 4.32 Å². The highest BCUT2D eigenvalue weighted by Gasteiger charge is 2.41. The SMILES string of the molecule is Cn1ccc(/C=C2/SC(=S)N([C@@H](CC(N)=O)C(=O)O)C2=O)c1. The molecule has 1 saturated heterocycles. The van der Waals surface area contributed by atoms with Crippen molar-refractivity contribution >= 4 is 52.2 Å². The zero-order valence-electron chi connectivity index (χ0n) is 11.6. The maximum absolute atomic E-state index is 12.4. The molecule has 2 rings (SSSR count). The molecule has 1 atom stereocenters. The van der Waals surface area contributed by atoms with Gasteiger partial charge in [0.15, 0.2) is 0 Å². The fourth-order valence-electron chi connectivity index (χ4n) is 1.99. The van der Waals surface area contributed by atoms with E-state index in [1.54, 1.807) is 6.08 Å². The van der Waals surface area contributed by atoms with Crippen LogP contribution < -0.4 is 5.73 Å². The maximum atomic E-state index is 12.4. The van der Waals surface area contributed by atoms with Crippen LogP contribution in [0.2, 0.25) is 0 Å². The number of hydrogen-bond donors (Lipinski definition) is 2. The topological polar surface area (TPSA) is 106 Å². The minimum Gasteiger partial charge on any atom is -0.480 e. The third-order valence-electron chi connectivity index (χ3n) is 2.97. The van der Waals surface area contributed by atoms with Crippen molar-refractivity contribution < 1.29 is 19.5 Å². The largest absolute Gasteiger partial charge is 0.480 e. The lowest BCUT2D eigenvalue weighted by Crippen LogP contribution is -2.46. The molecule has 116 valence electrons. The number of aliphatic carboxylic acids is 1. The number of amides is 2. The molecular formula is C13H13N3O4S2. The Hall–Kier alpha value is -2.13. The van der Waals surface area contributed by atoms with Crippen molar-refractivity contribution in [1.82, 2.24) is 9.47 Å². The molecule has 2 amide bonds. The van der Waals surface area contributed by atoms with Gasteiger partial charge in [-0.1, -0.05) is 24.0 Å². The highest BCUT2D eigenvalue weighted by atomic mass is 32.2. The van der Waals surface area contributed by atoms with Crippen molar-refractivity contribution in [2.24, 2.45) is 12.8 Å². The number of hydrogen-bond acceptors (Lipinski definition) is 5. The van der Waals surface area contributed by atoms with Crippen LogP contribution in [0.15, 0.2) is 23.4 Å². The van der Waals surface area contributed by atoms with Gasteiger partial charge in [0.2, 0.25) is 5.91 Å². The van der Waals surface area contributed by atoms with Gasteiger partial charge in [-0.05, 0) is 17.7 Å². The van der Waals surface area contributed by atoms with E-state index in [0.717, 1.165) is 22.2 Å². The maximum Gasteiger partial charge on any atom is 0.327 e. The Labute approximate surface area is 135 Å². The normalized spacial score (nSPS) is 18.0. The molecule has 1 fully saturated rings. The van der Waals surface area contributed by atoms with Gasteiger partial charge in [-0.25, -0.2) is 4.79 Å². The fourth-order valence-corrected chi connectivity index (χ4v) is 3.35. The van der Waals surface area contributed by atoms with Crippen LogP contribution in [0.4, 0.5) is 0 Å². The van der Waals surface area contributed by atoms with Gasteiger partial charge in [-0.15, -0.1) is 0 Å². The second kappa shape index (κ2) is 6.32. The molecule has 9 heteroatoms. The van der Waals surface area contributed by atoms with Crippen LogP contribution in [-0.4, -0.2) is 42.7 Å². The van der Waals surface area contributed by atoms with Crippen LogP contribution >= 0.6 is 24.0 Å². The van der Waals surface area contributed by atoms with Crippen molar-refractivity contribution in [2.45, 2.75) is 12.5 Å². The number of carboxylic acid groups (broad SMARTS) is 1. The van der Waals surface area contributed by atoms with Gasteiger partial charge >= 0.3 is 5.97 Å². The van der Waals surface area contributed by atoms with Gasteiger partial charge in [0.05, 0.1) is 11.3 Å². The zero-order valence-corrected chi connectivity index (χ0v) is 13.2. The third kappa shape index (κ3) is 3.37. The number of thiocarbonyl (C=S) groups is 1. The van der Waals surface area contributed by atoms with Crippen molar-refractivity contribution in [2.75, 3.05) is 0 Å². The quantitative estimate of drug-likeness (QED) is 0.600. The number of carboxylic acids is 1. The molecule has 1 aliphatic heterocycles. The first-order valence-corrected chi connectivity index (χ1v) is 7.42. The Morgan fingerprint density at radius 1 is 1.55 bits per heavy atom. The first kappa shape index (κ1) is 16.2. The minimum atomic E-state index is -1.38. The van der Waals surface area contributed by atoms with Crippen molar-refractivity contribution in [3.8, 4) is 0 Å². The standard InChI is InChI=1S/C13H13N3O4S2/c1-15-3-2-7(6-15)4-9-11(18)16(13(21)22-9)8(12(19)20)5-10(14)17/h2-4,6,8H,5H2,1H3,(H2,14,17)(H,19,20)/b9-4+/t8-/m0/s1. The summed E-state index contributed by atoms with van der Waals surface area (Å²) in [4.78, 5) is 35.9. The molecular weight excluding hydrogens is 326 g/mol. The molecule has 0 saturated carbocycles. The number of nitrogens with two attached hydrogens (primary N) is 1. The summed E-state index contributed by atoms with van der Waals surface area (Å²) >= 11 is 6.07. The number of rotatable bonds is 5. The Balaban J connectivity index is 2.29. The number of carbonyl (C=O) groups is 3. The lowest BCUT2D eigenvalue weighted by atomic mass is 10.1. The molecule has 22 heavy (non-hydrogen) atoms. The van der Waals surface area contributed by atoms with Gasteiger partial charge in [-0.3, -0.25) is 14.5 Å². The molecule has 7 nitrogen and oxygen atoms in total. The predicted octanol–water partition coefficient (Wildman–Crippen LogP) is 0.555. The summed E-state index contributed by atoms with van der Waals surface area (Å²) in [5.74, 6) is -2.67. The molecule has 0 spiro atoms. The average Bonchev–Trinajstić information content (AvgIpc) is 2.92. The van der Waals surface area contributed by atoms with Crippen LogP contribution in [0.1, 0.15) is 12.0 Å². The lowest BCUT2D eigenvalue weighted by molar-refractivity contribution is -0.146. The van der Waals surface area contributed by atoms with E-state index >= 15 is 0 Å². The molecule has 0 bridgehead atoms. The average molecular weight is 339 g/mol. The van der Waals surface area contributed by atoms with E-state index in [9.17, 15) is 19.5 Å². The summed E-state index contributed by atoms with van der Waals surface area (Å²) in [7, 11) is 1.84. The van der Waals surface area contributed by atoms with Gasteiger partial charge in [0.1, 0.15) is 10.4 Å². The summed E-state index contributed by atoms with van der Waals surface area (Å²) in [6.07, 6.45) is 4.77. The van der Waals surface area contributed by atoms with E-state index in [1.807, 2.05) is 30.1 Å². The van der Waals surface area contributed by atoms with Crippen molar-refractivity contribution in [3.63, 3.8) is 0 Å². The number of aromatic nitrogens is 1. The summed E-state index contributed by atoms with van der Waals surface area (Å²) < 4.78 is 1.92. The molecule has 1 aromatic heterocycles. The van der Waals surface area contributed by atoms with Crippen LogP contribution in [-0.2, 0) is 21.4 Å². The van der Waals surface area contributed by atoms with Crippen LogP contribution in [0.3, 0.4) is 0 Å². The number of nitrogens with zero attached hydrogens (tertiary/aromatic N) is 2. The summed E-state index contributed by atoms with van der Waals surface area (Å²) in [6.45, 7) is 0. The number of carbonyl (C=O) groups excluding carboxylic acids is 2. The zero-order chi connectivity index (χ0) is 16.4. The molecule has 1 aromatic rings. The van der Waals surface area contributed by atoms with Crippen LogP contribution in [0.25, 0.3) is 6.08 Å². The third-order valence-corrected chi connectivity index (χ3v) is 4.30. The summed E-state index contributed by atoms with van der Waals surface area (Å²) in [5.41, 5.74) is 5.84. The Kier molecular flexibility index (Phi) is 4.67. The van der Waals surface area contributed by atoms with Crippen molar-refractivity contribution in [3.05, 3.63) is 28.9 Å². The van der Waals surface area contributed by atoms with E-state index in [1.165, 1.54) is 0 Å². The van der Waals surface area contributed by atoms with Crippen molar-refractivity contribution in [1.29, 1.82) is 0 Å². The second-order valence-electron chi connectivity index (χ2n) is 4.69. The molecule has 0 unspecified atom stereocenters. The Morgan fingerprint density at radius 2 is 2.23 bits per heavy atom. The smallest absolute Gasteiger partial charge is 0.327 e. The molecule has 3 N–H and O–H groups in total. The second-order valence-corrected chi connectivity index (χ2v) is 6.36. The number of aryl methyl sites for hydroxylation is 1. The van der Waals surface area contributed by atoms with Gasteiger partial charge in [0, 0.05) is 19.4 Å². The molecule has 2 heterocycles. The van der Waals surface area contributed by atoms with Gasteiger partial charge in [-0.2, -0.15) is 0 Å². The molecule has 0 aliphatic carbocycles. The van der Waals surface area contributed by atoms with E-state index in [0.29, 0.717) is 4.91 Å². The molecule has 0 radical (unpaired) electrons. The van der Waals surface area contributed by atoms with E-state index in [2.05, 4.69) is 0 Å². The first-order valence-electron chi connectivity index (χ1n) is 6.19. The summed E-state index contributed by atoms with van der Waals surface area (Å²) in [6, 6.07) is 0.427. The lowest BCUT2D eigenvalue weighted by Gasteiger charge is -2.21. The van der Waals surface area contributed by atoms with Gasteiger partial charge in [0.25, 0.3) is 5.91 Å². The predicted molar refractivity (Wildman–Crippen MR) is 85.7 cm³/mol. The van der Waals surface area contributed by atoms with Crippen LogP contribution in [0, 0.1) is 0 Å². The minimum absolute atomic E-state index is 0.0980. The number of primary amides is 1. The highest BCUT2D eigenvalue weighted by molar-refractivity contribution is 8.26. The molecule has 1 aliphatic rings. The summed E-state index contributed by atoms with van der Waals surface area (Å²) in [5, 5.41) is 9.20. The first-order chi connectivity index (χ1) is 10.3.